The number of hydrogen-bond acceptors (Lipinski definition) is 3. The molecule has 0 amide bonds. The van der Waals surface area contributed by atoms with Crippen molar-refractivity contribution < 1.29 is 4.42 Å². The molecule has 1 aliphatic heterocycles. The van der Waals surface area contributed by atoms with Crippen molar-refractivity contribution in [2.45, 2.75) is 18.9 Å². The predicted molar refractivity (Wildman–Crippen MR) is 79.8 cm³/mol. The van der Waals surface area contributed by atoms with Crippen molar-refractivity contribution in [1.29, 1.82) is 0 Å². The normalized spacial score (nSPS) is 17.3. The number of rotatable bonds is 5. The number of hydrogen-bond donors (Lipinski definition) is 1. The van der Waals surface area contributed by atoms with E-state index < -0.39 is 0 Å². The van der Waals surface area contributed by atoms with Gasteiger partial charge in [0.15, 0.2) is 0 Å². The number of piperazine rings is 1. The van der Waals surface area contributed by atoms with Crippen molar-refractivity contribution in [3.8, 4) is 0 Å². The minimum Gasteiger partial charge on any atom is -0.472 e. The Morgan fingerprint density at radius 3 is 2.67 bits per heavy atom. The van der Waals surface area contributed by atoms with E-state index in [0.29, 0.717) is 6.04 Å². The molecule has 18 heavy (non-hydrogen) atoms. The molecule has 0 radical (unpaired) electrons. The van der Waals surface area contributed by atoms with Gasteiger partial charge in [0.1, 0.15) is 0 Å². The first-order valence-electron chi connectivity index (χ1n) is 5.99. The Hall–Kier alpha value is -0.480. The zero-order chi connectivity index (χ0) is 11.2. The van der Waals surface area contributed by atoms with E-state index in [-0.39, 0.29) is 24.8 Å². The fourth-order valence-electron chi connectivity index (χ4n) is 2.29. The zero-order valence-electron chi connectivity index (χ0n) is 10.5. The minimum atomic E-state index is 0. The number of halogens is 2. The molecule has 0 aromatic carbocycles. The molecule has 0 bridgehead atoms. The van der Waals surface area contributed by atoms with Gasteiger partial charge in [-0.3, -0.25) is 4.90 Å². The summed E-state index contributed by atoms with van der Waals surface area (Å²) >= 11 is 0. The number of furan rings is 1. The molecule has 104 valence electrons. The van der Waals surface area contributed by atoms with Crippen molar-refractivity contribution in [2.24, 2.45) is 0 Å². The van der Waals surface area contributed by atoms with Crippen LogP contribution in [0.3, 0.4) is 0 Å². The van der Waals surface area contributed by atoms with Crippen molar-refractivity contribution in [3.05, 3.63) is 36.8 Å². The summed E-state index contributed by atoms with van der Waals surface area (Å²) in [5, 5.41) is 3.39. The summed E-state index contributed by atoms with van der Waals surface area (Å²) in [4.78, 5) is 2.53. The third kappa shape index (κ3) is 4.65. The predicted octanol–water partition coefficient (Wildman–Crippen LogP) is 3.04. The number of allylic oxidation sites excluding steroid dienone is 1. The van der Waals surface area contributed by atoms with Gasteiger partial charge in [-0.15, -0.1) is 31.4 Å². The molecule has 1 saturated heterocycles. The van der Waals surface area contributed by atoms with Crippen LogP contribution in [0.15, 0.2) is 35.7 Å². The third-order valence-corrected chi connectivity index (χ3v) is 3.16. The van der Waals surface area contributed by atoms with E-state index in [1.54, 1.807) is 6.26 Å². The Bertz CT molecular complexity index is 311. The van der Waals surface area contributed by atoms with Crippen molar-refractivity contribution in [2.75, 3.05) is 26.2 Å². The van der Waals surface area contributed by atoms with E-state index >= 15 is 0 Å². The summed E-state index contributed by atoms with van der Waals surface area (Å²) in [6.07, 6.45) is 7.81. The molecule has 1 aromatic rings. The first-order chi connectivity index (χ1) is 7.92. The number of nitrogens with zero attached hydrogens (tertiary/aromatic N) is 1. The van der Waals surface area contributed by atoms with Gasteiger partial charge in [0.05, 0.1) is 12.5 Å². The monoisotopic (exact) mass is 292 g/mol. The van der Waals surface area contributed by atoms with Crippen LogP contribution in [0.5, 0.6) is 0 Å². The first-order valence-corrected chi connectivity index (χ1v) is 5.99. The Kier molecular flexibility index (Phi) is 9.20. The molecule has 3 nitrogen and oxygen atoms in total. The van der Waals surface area contributed by atoms with E-state index in [2.05, 4.69) is 22.9 Å². The molecule has 1 aromatic heterocycles. The average molecular weight is 293 g/mol. The Morgan fingerprint density at radius 2 is 2.11 bits per heavy atom. The van der Waals surface area contributed by atoms with Gasteiger partial charge in [-0.2, -0.15) is 0 Å². The fourth-order valence-corrected chi connectivity index (χ4v) is 2.29. The molecule has 2 heterocycles. The highest BCUT2D eigenvalue weighted by Gasteiger charge is 2.21. The molecular weight excluding hydrogens is 271 g/mol. The molecule has 0 aliphatic carbocycles. The van der Waals surface area contributed by atoms with Gasteiger partial charge in [0, 0.05) is 37.8 Å². The van der Waals surface area contributed by atoms with Crippen molar-refractivity contribution >= 4 is 24.8 Å². The Labute approximate surface area is 121 Å². The van der Waals surface area contributed by atoms with Crippen LogP contribution < -0.4 is 5.32 Å². The summed E-state index contributed by atoms with van der Waals surface area (Å²) in [7, 11) is 0. The van der Waals surface area contributed by atoms with Crippen LogP contribution in [0.4, 0.5) is 0 Å². The molecule has 0 saturated carbocycles. The van der Waals surface area contributed by atoms with Gasteiger partial charge in [-0.1, -0.05) is 6.08 Å². The summed E-state index contributed by atoms with van der Waals surface area (Å²) in [6, 6.07) is 2.56. The second-order valence-electron chi connectivity index (χ2n) is 4.22. The lowest BCUT2D eigenvalue weighted by molar-refractivity contribution is 0.165. The van der Waals surface area contributed by atoms with E-state index in [4.69, 9.17) is 4.42 Å². The quantitative estimate of drug-likeness (QED) is 0.846. The second kappa shape index (κ2) is 9.45. The highest BCUT2D eigenvalue weighted by Crippen LogP contribution is 2.26. The Morgan fingerprint density at radius 1 is 1.39 bits per heavy atom. The van der Waals surface area contributed by atoms with Crippen LogP contribution in [0.2, 0.25) is 0 Å². The lowest BCUT2D eigenvalue weighted by Gasteiger charge is -2.34. The highest BCUT2D eigenvalue weighted by molar-refractivity contribution is 5.85. The van der Waals surface area contributed by atoms with Crippen molar-refractivity contribution in [1.82, 2.24) is 10.2 Å². The van der Waals surface area contributed by atoms with Gasteiger partial charge in [-0.05, 0) is 18.9 Å². The molecule has 5 heteroatoms. The van der Waals surface area contributed by atoms with Gasteiger partial charge in [-0.25, -0.2) is 0 Å². The molecule has 1 aliphatic rings. The molecule has 1 N–H and O–H groups in total. The third-order valence-electron chi connectivity index (χ3n) is 3.16. The van der Waals surface area contributed by atoms with Crippen molar-refractivity contribution in [3.63, 3.8) is 0 Å². The largest absolute Gasteiger partial charge is 0.472 e. The van der Waals surface area contributed by atoms with E-state index in [9.17, 15) is 0 Å². The smallest absolute Gasteiger partial charge is 0.0950 e. The lowest BCUT2D eigenvalue weighted by atomic mass is 10.0. The van der Waals surface area contributed by atoms with Crippen LogP contribution in [-0.4, -0.2) is 31.1 Å². The minimum absolute atomic E-state index is 0. The highest BCUT2D eigenvalue weighted by atomic mass is 35.5. The Balaban J connectivity index is 0.00000144. The van der Waals surface area contributed by atoms with Gasteiger partial charge in [0.25, 0.3) is 0 Å². The summed E-state index contributed by atoms with van der Waals surface area (Å²) in [5.41, 5.74) is 1.30. The van der Waals surface area contributed by atoms with Gasteiger partial charge in [0.2, 0.25) is 0 Å². The molecule has 1 atom stereocenters. The van der Waals surface area contributed by atoms with Crippen LogP contribution in [0.25, 0.3) is 0 Å². The SMILES string of the molecule is C=CCC[C@H](c1ccoc1)N1CCNCC1.Cl.Cl. The topological polar surface area (TPSA) is 28.4 Å². The average Bonchev–Trinajstić information content (AvgIpc) is 2.85. The maximum Gasteiger partial charge on any atom is 0.0950 e. The zero-order valence-corrected chi connectivity index (χ0v) is 12.1. The van der Waals surface area contributed by atoms with E-state index in [0.717, 1.165) is 39.0 Å². The fraction of sp³-hybridized carbons (Fsp3) is 0.538. The lowest BCUT2D eigenvalue weighted by Crippen LogP contribution is -2.45. The molecule has 0 spiro atoms. The summed E-state index contributed by atoms with van der Waals surface area (Å²) in [6.45, 7) is 8.21. The van der Waals surface area contributed by atoms with Gasteiger partial charge < -0.3 is 9.73 Å². The standard InChI is InChI=1S/C13H20N2O.2ClH/c1-2-3-4-13(12-5-10-16-11-12)15-8-6-14-7-9-15;;/h2,5,10-11,13-14H,1,3-4,6-9H2;2*1H/t13-;;/m1../s1. The first kappa shape index (κ1) is 17.5. The maximum absolute atomic E-state index is 5.20. The van der Waals surface area contributed by atoms with Crippen LogP contribution in [-0.2, 0) is 0 Å². The molecule has 2 rings (SSSR count). The van der Waals surface area contributed by atoms with Crippen LogP contribution in [0, 0.1) is 0 Å². The molecule has 1 fully saturated rings. The number of nitrogens with one attached hydrogen (secondary N) is 1. The summed E-state index contributed by atoms with van der Waals surface area (Å²) < 4.78 is 5.20. The summed E-state index contributed by atoms with van der Waals surface area (Å²) in [5.74, 6) is 0. The molecule has 0 unspecified atom stereocenters. The van der Waals surface area contributed by atoms with E-state index in [1.165, 1.54) is 5.56 Å². The van der Waals surface area contributed by atoms with Crippen LogP contribution >= 0.6 is 24.8 Å². The van der Waals surface area contributed by atoms with Crippen LogP contribution in [0.1, 0.15) is 24.4 Å². The second-order valence-corrected chi connectivity index (χ2v) is 4.22. The van der Waals surface area contributed by atoms with Gasteiger partial charge >= 0.3 is 0 Å². The van der Waals surface area contributed by atoms with E-state index in [1.807, 2.05) is 12.3 Å². The molecular formula is C13H22Cl2N2O. The maximum atomic E-state index is 5.20.